The molecule has 1 N–H and O–H groups in total. The third-order valence-corrected chi connectivity index (χ3v) is 5.34. The lowest BCUT2D eigenvalue weighted by molar-refractivity contribution is 0.102. The fourth-order valence-electron chi connectivity index (χ4n) is 2.80. The second-order valence-corrected chi connectivity index (χ2v) is 7.10. The molecule has 1 aromatic heterocycles. The van der Waals surface area contributed by atoms with E-state index in [-0.39, 0.29) is 12.5 Å². The number of carbonyl (C=O) groups is 1. The van der Waals surface area contributed by atoms with Crippen LogP contribution in [-0.2, 0) is 0 Å². The summed E-state index contributed by atoms with van der Waals surface area (Å²) in [6, 6.07) is 12.5. The van der Waals surface area contributed by atoms with E-state index in [9.17, 15) is 4.79 Å². The number of pyridine rings is 1. The van der Waals surface area contributed by atoms with Gasteiger partial charge in [-0.25, -0.2) is 4.98 Å². The number of hydrogen-bond acceptors (Lipinski definition) is 5. The van der Waals surface area contributed by atoms with Crippen molar-refractivity contribution in [3.8, 4) is 11.8 Å². The van der Waals surface area contributed by atoms with E-state index in [1.807, 2.05) is 6.07 Å². The van der Waals surface area contributed by atoms with Crippen LogP contribution in [0, 0.1) is 11.3 Å². The molecule has 0 bridgehead atoms. The van der Waals surface area contributed by atoms with Crippen LogP contribution in [0.3, 0.4) is 0 Å². The molecule has 0 radical (unpaired) electrons. The Bertz CT molecular complexity index is 782. The Hall–Kier alpha value is -2.52. The third-order valence-electron chi connectivity index (χ3n) is 3.99. The largest absolute Gasteiger partial charge is 0.479 e. The Morgan fingerprint density at radius 2 is 2.16 bits per heavy atom. The van der Waals surface area contributed by atoms with Gasteiger partial charge in [0.05, 0.1) is 5.56 Å². The molecule has 5 nitrogen and oxygen atoms in total. The van der Waals surface area contributed by atoms with Crippen molar-refractivity contribution in [3.05, 3.63) is 48.2 Å². The Balaban J connectivity index is 1.72. The van der Waals surface area contributed by atoms with Gasteiger partial charge in [0.1, 0.15) is 16.8 Å². The zero-order valence-electron chi connectivity index (χ0n) is 13.8. The number of rotatable bonds is 6. The number of amides is 1. The minimum atomic E-state index is -0.189. The average Bonchev–Trinajstić information content (AvgIpc) is 3.14. The highest BCUT2D eigenvalue weighted by Crippen LogP contribution is 2.35. The van der Waals surface area contributed by atoms with Gasteiger partial charge in [-0.2, -0.15) is 5.26 Å². The quantitative estimate of drug-likeness (QED) is 0.839. The molecule has 1 heterocycles. The predicted octanol–water partition coefficient (Wildman–Crippen LogP) is 4.27. The molecule has 1 aromatic carbocycles. The predicted molar refractivity (Wildman–Crippen MR) is 97.9 cm³/mol. The van der Waals surface area contributed by atoms with Gasteiger partial charge in [-0.05, 0) is 37.1 Å². The molecule has 6 heteroatoms. The molecule has 25 heavy (non-hydrogen) atoms. The van der Waals surface area contributed by atoms with Crippen molar-refractivity contribution in [1.82, 2.24) is 4.98 Å². The molecule has 3 rings (SSSR count). The lowest BCUT2D eigenvalue weighted by Gasteiger charge is -2.12. The van der Waals surface area contributed by atoms with Gasteiger partial charge in [-0.1, -0.05) is 18.9 Å². The minimum Gasteiger partial charge on any atom is -0.479 e. The van der Waals surface area contributed by atoms with Gasteiger partial charge in [0.2, 0.25) is 0 Å². The van der Waals surface area contributed by atoms with Crippen molar-refractivity contribution in [3.63, 3.8) is 0 Å². The molecule has 0 atom stereocenters. The fourth-order valence-corrected chi connectivity index (χ4v) is 4.09. The normalized spacial score (nSPS) is 14.0. The first-order valence-electron chi connectivity index (χ1n) is 8.29. The molecule has 128 valence electrons. The van der Waals surface area contributed by atoms with Gasteiger partial charge in [0.25, 0.3) is 5.91 Å². The number of nitrogens with zero attached hydrogens (tertiary/aromatic N) is 2. The molecule has 0 unspecified atom stereocenters. The minimum absolute atomic E-state index is 0.0256. The number of thioether (sulfide) groups is 1. The highest BCUT2D eigenvalue weighted by molar-refractivity contribution is 7.99. The highest BCUT2D eigenvalue weighted by atomic mass is 32.2. The molecular weight excluding hydrogens is 334 g/mol. The molecule has 1 fully saturated rings. The summed E-state index contributed by atoms with van der Waals surface area (Å²) in [5.74, 6) is 0.358. The van der Waals surface area contributed by atoms with E-state index in [4.69, 9.17) is 10.00 Å². The molecule has 1 aliphatic carbocycles. The van der Waals surface area contributed by atoms with Crippen LogP contribution in [-0.4, -0.2) is 22.7 Å². The fraction of sp³-hybridized carbons (Fsp3) is 0.316. The number of ether oxygens (including phenoxy) is 1. The van der Waals surface area contributed by atoms with Crippen molar-refractivity contribution >= 4 is 23.4 Å². The zero-order chi connectivity index (χ0) is 17.5. The highest BCUT2D eigenvalue weighted by Gasteiger charge is 2.20. The second-order valence-electron chi connectivity index (χ2n) is 5.81. The van der Waals surface area contributed by atoms with E-state index in [0.29, 0.717) is 22.3 Å². The number of aromatic nitrogens is 1. The third kappa shape index (κ3) is 4.74. The lowest BCUT2D eigenvalue weighted by atomic mass is 10.2. The standard InChI is InChI=1S/C19H19N3O2S/c20-10-12-24-15-6-3-5-14(13-15)22-18(23)17-9-4-11-21-19(17)25-16-7-1-2-8-16/h3-6,9,11,13,16H,1-2,7-8,12H2,(H,22,23). The number of benzene rings is 1. The van der Waals surface area contributed by atoms with E-state index < -0.39 is 0 Å². The van der Waals surface area contributed by atoms with Crippen molar-refractivity contribution in [2.75, 3.05) is 11.9 Å². The van der Waals surface area contributed by atoms with Gasteiger partial charge in [-0.15, -0.1) is 11.8 Å². The van der Waals surface area contributed by atoms with Crippen molar-refractivity contribution in [1.29, 1.82) is 5.26 Å². The Morgan fingerprint density at radius 3 is 2.96 bits per heavy atom. The summed E-state index contributed by atoms with van der Waals surface area (Å²) in [6.07, 6.45) is 6.59. The van der Waals surface area contributed by atoms with Crippen LogP contribution >= 0.6 is 11.8 Å². The maximum absolute atomic E-state index is 12.7. The number of anilines is 1. The Labute approximate surface area is 151 Å². The summed E-state index contributed by atoms with van der Waals surface area (Å²) < 4.78 is 5.27. The maximum Gasteiger partial charge on any atom is 0.258 e. The van der Waals surface area contributed by atoms with Gasteiger partial charge in [0, 0.05) is 23.2 Å². The summed E-state index contributed by atoms with van der Waals surface area (Å²) in [6.45, 7) is -0.0256. The first-order valence-corrected chi connectivity index (χ1v) is 9.17. The number of nitriles is 1. The van der Waals surface area contributed by atoms with Crippen molar-refractivity contribution in [2.45, 2.75) is 36.0 Å². The van der Waals surface area contributed by atoms with Gasteiger partial charge in [-0.3, -0.25) is 4.79 Å². The van der Waals surface area contributed by atoms with Gasteiger partial charge in [0.15, 0.2) is 6.61 Å². The number of hydrogen-bond donors (Lipinski definition) is 1. The van der Waals surface area contributed by atoms with Crippen LogP contribution in [0.2, 0.25) is 0 Å². The van der Waals surface area contributed by atoms with E-state index in [0.717, 1.165) is 5.03 Å². The average molecular weight is 353 g/mol. The monoisotopic (exact) mass is 353 g/mol. The summed E-state index contributed by atoms with van der Waals surface area (Å²) in [7, 11) is 0. The Morgan fingerprint density at radius 1 is 1.32 bits per heavy atom. The molecule has 0 aliphatic heterocycles. The Kier molecular flexibility index (Phi) is 5.91. The second kappa shape index (κ2) is 8.54. The van der Waals surface area contributed by atoms with Crippen molar-refractivity contribution < 1.29 is 9.53 Å². The van der Waals surface area contributed by atoms with Crippen LogP contribution in [0.15, 0.2) is 47.6 Å². The topological polar surface area (TPSA) is 75.0 Å². The summed E-state index contributed by atoms with van der Waals surface area (Å²) in [4.78, 5) is 17.1. The van der Waals surface area contributed by atoms with E-state index in [1.165, 1.54) is 25.7 Å². The van der Waals surface area contributed by atoms with E-state index in [2.05, 4.69) is 10.3 Å². The van der Waals surface area contributed by atoms with Crippen LogP contribution < -0.4 is 10.1 Å². The number of carbonyl (C=O) groups excluding carboxylic acids is 1. The summed E-state index contributed by atoms with van der Waals surface area (Å²) in [5, 5.41) is 12.8. The number of nitrogens with one attached hydrogen (secondary N) is 1. The molecule has 1 saturated carbocycles. The lowest BCUT2D eigenvalue weighted by Crippen LogP contribution is -2.14. The van der Waals surface area contributed by atoms with Crippen LogP contribution in [0.5, 0.6) is 5.75 Å². The van der Waals surface area contributed by atoms with Crippen LogP contribution in [0.25, 0.3) is 0 Å². The van der Waals surface area contributed by atoms with Crippen LogP contribution in [0.4, 0.5) is 5.69 Å². The summed E-state index contributed by atoms with van der Waals surface area (Å²) in [5.41, 5.74) is 1.21. The van der Waals surface area contributed by atoms with Gasteiger partial charge < -0.3 is 10.1 Å². The molecule has 2 aromatic rings. The molecule has 1 aliphatic rings. The van der Waals surface area contributed by atoms with Gasteiger partial charge >= 0.3 is 0 Å². The maximum atomic E-state index is 12.7. The zero-order valence-corrected chi connectivity index (χ0v) is 14.6. The molecule has 1 amide bonds. The van der Waals surface area contributed by atoms with Crippen molar-refractivity contribution in [2.24, 2.45) is 0 Å². The molecule has 0 spiro atoms. The smallest absolute Gasteiger partial charge is 0.258 e. The first kappa shape index (κ1) is 17.3. The SMILES string of the molecule is N#CCOc1cccc(NC(=O)c2cccnc2SC2CCCC2)c1. The molecule has 0 saturated heterocycles. The van der Waals surface area contributed by atoms with E-state index in [1.54, 1.807) is 54.4 Å². The summed E-state index contributed by atoms with van der Waals surface area (Å²) >= 11 is 1.70. The van der Waals surface area contributed by atoms with Crippen LogP contribution in [0.1, 0.15) is 36.0 Å². The molecular formula is C19H19N3O2S. The van der Waals surface area contributed by atoms with E-state index >= 15 is 0 Å². The first-order chi connectivity index (χ1) is 12.3.